The molecule has 0 aromatic carbocycles. The molecule has 1 fully saturated rings. The molecule has 0 spiro atoms. The van der Waals surface area contributed by atoms with Crippen LogP contribution in [0.3, 0.4) is 0 Å². The van der Waals surface area contributed by atoms with E-state index in [1.165, 1.54) is 0 Å². The number of nitrogens with zero attached hydrogens (tertiary/aromatic N) is 1. The minimum absolute atomic E-state index is 0.0388. The maximum absolute atomic E-state index is 10.5. The molecule has 1 heterocycles. The van der Waals surface area contributed by atoms with E-state index in [0.29, 0.717) is 13.0 Å². The zero-order valence-electron chi connectivity index (χ0n) is 4.30. The maximum atomic E-state index is 10.5. The van der Waals surface area contributed by atoms with Crippen molar-refractivity contribution in [1.82, 2.24) is 3.11 Å². The SMILES string of the molecule is NC1CC(=O)CN1I. The molecule has 2 N–H and O–H groups in total. The van der Waals surface area contributed by atoms with Gasteiger partial charge in [0.1, 0.15) is 0 Å². The van der Waals surface area contributed by atoms with Crippen LogP contribution in [0, 0.1) is 0 Å². The van der Waals surface area contributed by atoms with Gasteiger partial charge in [-0.25, -0.2) is 3.11 Å². The van der Waals surface area contributed by atoms with Gasteiger partial charge < -0.3 is 5.73 Å². The van der Waals surface area contributed by atoms with Gasteiger partial charge in [-0.3, -0.25) is 4.79 Å². The molecule has 0 saturated carbocycles. The average molecular weight is 226 g/mol. The standard InChI is InChI=1S/C4H7IN2O/c5-7-2-3(8)1-4(7)6/h4H,1-2,6H2. The molecule has 1 aliphatic heterocycles. The first kappa shape index (κ1) is 6.44. The second-order valence-electron chi connectivity index (χ2n) is 1.87. The number of nitrogens with two attached hydrogens (primary N) is 1. The van der Waals surface area contributed by atoms with Crippen molar-refractivity contribution in [2.24, 2.45) is 5.73 Å². The Kier molecular flexibility index (Phi) is 1.84. The number of rotatable bonds is 0. The maximum Gasteiger partial charge on any atom is 0.150 e. The Morgan fingerprint density at radius 3 is 2.62 bits per heavy atom. The number of ketones is 1. The van der Waals surface area contributed by atoms with Crippen LogP contribution in [0.15, 0.2) is 0 Å². The minimum atomic E-state index is -0.0388. The summed E-state index contributed by atoms with van der Waals surface area (Å²) in [5, 5.41) is 0. The summed E-state index contributed by atoms with van der Waals surface area (Å²) in [6.07, 6.45) is 0.478. The van der Waals surface area contributed by atoms with E-state index >= 15 is 0 Å². The highest BCUT2D eigenvalue weighted by atomic mass is 127. The number of hydrogen-bond acceptors (Lipinski definition) is 3. The van der Waals surface area contributed by atoms with Gasteiger partial charge in [-0.2, -0.15) is 0 Å². The Balaban J connectivity index is 2.51. The molecule has 3 nitrogen and oxygen atoms in total. The van der Waals surface area contributed by atoms with Gasteiger partial charge >= 0.3 is 0 Å². The van der Waals surface area contributed by atoms with Crippen molar-refractivity contribution in [3.05, 3.63) is 0 Å². The zero-order valence-corrected chi connectivity index (χ0v) is 6.46. The van der Waals surface area contributed by atoms with Gasteiger partial charge in [0.05, 0.1) is 12.7 Å². The Morgan fingerprint density at radius 2 is 2.50 bits per heavy atom. The lowest BCUT2D eigenvalue weighted by molar-refractivity contribution is -0.116. The first-order valence-corrected chi connectivity index (χ1v) is 3.36. The highest BCUT2D eigenvalue weighted by molar-refractivity contribution is 14.1. The summed E-state index contributed by atoms with van der Waals surface area (Å²) in [7, 11) is 0. The van der Waals surface area contributed by atoms with Crippen molar-refractivity contribution in [1.29, 1.82) is 0 Å². The lowest BCUT2D eigenvalue weighted by Gasteiger charge is -2.07. The van der Waals surface area contributed by atoms with Crippen molar-refractivity contribution in [3.8, 4) is 0 Å². The predicted molar refractivity (Wildman–Crippen MR) is 38.3 cm³/mol. The Bertz CT molecular complexity index is 105. The number of Topliss-reactive ketones (excluding diaryl/α,β-unsaturated/α-hetero) is 1. The lowest BCUT2D eigenvalue weighted by atomic mass is 10.3. The molecule has 1 rings (SSSR count). The summed E-state index contributed by atoms with van der Waals surface area (Å²) < 4.78 is 1.82. The molecule has 0 radical (unpaired) electrons. The fraction of sp³-hybridized carbons (Fsp3) is 0.750. The lowest BCUT2D eigenvalue weighted by Crippen LogP contribution is -2.28. The van der Waals surface area contributed by atoms with Gasteiger partial charge in [0.15, 0.2) is 5.78 Å². The third-order valence-electron chi connectivity index (χ3n) is 1.12. The van der Waals surface area contributed by atoms with Crippen LogP contribution in [-0.2, 0) is 4.79 Å². The highest BCUT2D eigenvalue weighted by Crippen LogP contribution is 2.13. The van der Waals surface area contributed by atoms with Gasteiger partial charge in [0.25, 0.3) is 0 Å². The van der Waals surface area contributed by atoms with E-state index in [-0.39, 0.29) is 11.9 Å². The van der Waals surface area contributed by atoms with Crippen LogP contribution in [0.25, 0.3) is 0 Å². The molecule has 0 bridgehead atoms. The number of hydrogen-bond donors (Lipinski definition) is 1. The fourth-order valence-electron chi connectivity index (χ4n) is 0.683. The number of carbonyl (C=O) groups is 1. The third-order valence-corrected chi connectivity index (χ3v) is 2.18. The molecule has 0 aliphatic carbocycles. The molecule has 46 valence electrons. The molecule has 0 aromatic heterocycles. The van der Waals surface area contributed by atoms with Crippen LogP contribution in [0.4, 0.5) is 0 Å². The first-order chi connectivity index (χ1) is 3.70. The predicted octanol–water partition coefficient (Wildman–Crippen LogP) is -0.104. The van der Waals surface area contributed by atoms with E-state index < -0.39 is 0 Å². The van der Waals surface area contributed by atoms with E-state index in [0.717, 1.165) is 0 Å². The van der Waals surface area contributed by atoms with E-state index in [9.17, 15) is 4.79 Å². The van der Waals surface area contributed by atoms with E-state index in [1.807, 2.05) is 3.11 Å². The molecular weight excluding hydrogens is 219 g/mol. The number of halogens is 1. The average Bonchev–Trinajstić information content (AvgIpc) is 1.85. The second-order valence-corrected chi connectivity index (χ2v) is 3.11. The number of carbonyl (C=O) groups excluding carboxylic acids is 1. The van der Waals surface area contributed by atoms with Crippen molar-refractivity contribution in [2.75, 3.05) is 6.54 Å². The normalized spacial score (nSPS) is 31.8. The molecule has 1 aliphatic rings. The smallest absolute Gasteiger partial charge is 0.150 e. The zero-order chi connectivity index (χ0) is 6.15. The first-order valence-electron chi connectivity index (χ1n) is 2.40. The fourth-order valence-corrected chi connectivity index (χ4v) is 1.26. The van der Waals surface area contributed by atoms with E-state index in [2.05, 4.69) is 22.9 Å². The van der Waals surface area contributed by atoms with E-state index in [1.54, 1.807) is 0 Å². The van der Waals surface area contributed by atoms with Crippen LogP contribution in [0.5, 0.6) is 0 Å². The van der Waals surface area contributed by atoms with Gasteiger partial charge in [-0.1, -0.05) is 0 Å². The molecule has 4 heteroatoms. The minimum Gasteiger partial charge on any atom is -0.315 e. The Hall–Kier alpha value is 0.320. The molecule has 1 unspecified atom stereocenters. The molecule has 1 saturated heterocycles. The van der Waals surface area contributed by atoms with Crippen molar-refractivity contribution in [2.45, 2.75) is 12.6 Å². The second kappa shape index (κ2) is 2.28. The Morgan fingerprint density at radius 1 is 1.88 bits per heavy atom. The summed E-state index contributed by atoms with van der Waals surface area (Å²) in [5.41, 5.74) is 5.47. The molecular formula is C4H7IN2O. The van der Waals surface area contributed by atoms with Crippen molar-refractivity contribution < 1.29 is 4.79 Å². The molecule has 1 atom stereocenters. The van der Waals surface area contributed by atoms with E-state index in [4.69, 9.17) is 5.73 Å². The largest absolute Gasteiger partial charge is 0.315 e. The van der Waals surface area contributed by atoms with Crippen molar-refractivity contribution in [3.63, 3.8) is 0 Å². The van der Waals surface area contributed by atoms with Crippen LogP contribution >= 0.6 is 22.9 Å². The van der Waals surface area contributed by atoms with Gasteiger partial charge in [0.2, 0.25) is 0 Å². The van der Waals surface area contributed by atoms with Gasteiger partial charge in [-0.05, 0) is 0 Å². The molecule has 0 amide bonds. The third kappa shape index (κ3) is 1.18. The summed E-state index contributed by atoms with van der Waals surface area (Å²) in [5.74, 6) is 0.243. The summed E-state index contributed by atoms with van der Waals surface area (Å²) in [4.78, 5) is 10.5. The monoisotopic (exact) mass is 226 g/mol. The van der Waals surface area contributed by atoms with Crippen LogP contribution in [-0.4, -0.2) is 21.6 Å². The summed E-state index contributed by atoms with van der Waals surface area (Å²) in [6, 6.07) is 0. The van der Waals surface area contributed by atoms with Gasteiger partial charge in [-0.15, -0.1) is 0 Å². The molecule has 8 heavy (non-hydrogen) atoms. The van der Waals surface area contributed by atoms with Gasteiger partial charge in [0, 0.05) is 29.3 Å². The molecule has 0 aromatic rings. The van der Waals surface area contributed by atoms with Crippen LogP contribution < -0.4 is 5.73 Å². The summed E-state index contributed by atoms with van der Waals surface area (Å²) in [6.45, 7) is 0.516. The summed E-state index contributed by atoms with van der Waals surface area (Å²) >= 11 is 2.06. The van der Waals surface area contributed by atoms with Crippen LogP contribution in [0.2, 0.25) is 0 Å². The van der Waals surface area contributed by atoms with Crippen LogP contribution in [0.1, 0.15) is 6.42 Å². The topological polar surface area (TPSA) is 46.3 Å². The highest BCUT2D eigenvalue weighted by Gasteiger charge is 2.24. The quantitative estimate of drug-likeness (QED) is 0.463. The Labute approximate surface area is 61.7 Å². The van der Waals surface area contributed by atoms with Crippen molar-refractivity contribution >= 4 is 28.6 Å².